The zero-order chi connectivity index (χ0) is 16.5. The van der Waals surface area contributed by atoms with Gasteiger partial charge in [0.1, 0.15) is 23.7 Å². The van der Waals surface area contributed by atoms with Crippen LogP contribution in [0, 0.1) is 0 Å². The van der Waals surface area contributed by atoms with Crippen LogP contribution in [0.15, 0.2) is 21.8 Å². The van der Waals surface area contributed by atoms with Crippen LogP contribution < -0.4 is 10.6 Å². The van der Waals surface area contributed by atoms with Gasteiger partial charge in [-0.3, -0.25) is 9.59 Å². The molecule has 2 aromatic rings. The molecule has 0 aliphatic rings. The third-order valence-electron chi connectivity index (χ3n) is 2.33. The lowest BCUT2D eigenvalue weighted by atomic mass is 10.3. The lowest BCUT2D eigenvalue weighted by molar-refractivity contribution is -0.138. The molecular formula is C12H16N4O4S2. The average Bonchev–Trinajstić information content (AvgIpc) is 3.12. The molecule has 0 radical (unpaired) electrons. The summed E-state index contributed by atoms with van der Waals surface area (Å²) in [5.74, 6) is -0.522. The Hall–Kier alpha value is -2.20. The molecule has 0 amide bonds. The van der Waals surface area contributed by atoms with E-state index in [4.69, 9.17) is 10.2 Å². The quantitative estimate of drug-likeness (QED) is 0.627. The fraction of sp³-hybridized carbons (Fsp3) is 0.333. The van der Waals surface area contributed by atoms with Crippen molar-refractivity contribution in [1.29, 1.82) is 0 Å². The van der Waals surface area contributed by atoms with Gasteiger partial charge >= 0.3 is 11.9 Å². The van der Waals surface area contributed by atoms with E-state index in [-0.39, 0.29) is 0 Å². The van der Waals surface area contributed by atoms with Gasteiger partial charge in [0.05, 0.1) is 11.0 Å². The van der Waals surface area contributed by atoms with E-state index in [1.807, 2.05) is 0 Å². The van der Waals surface area contributed by atoms with Crippen LogP contribution in [0.2, 0.25) is 0 Å². The number of nitrogens with one attached hydrogen (secondary N) is 2. The molecule has 10 heteroatoms. The third kappa shape index (κ3) is 6.50. The first-order valence-corrected chi connectivity index (χ1v) is 8.03. The predicted octanol–water partition coefficient (Wildman–Crippen LogP) is 2.06. The van der Waals surface area contributed by atoms with Crippen LogP contribution >= 0.6 is 22.7 Å². The second-order valence-electron chi connectivity index (χ2n) is 4.16. The third-order valence-corrected chi connectivity index (χ3v) is 3.51. The highest BCUT2D eigenvalue weighted by Gasteiger charge is 2.10. The summed E-state index contributed by atoms with van der Waals surface area (Å²) in [6, 6.07) is -1.17. The molecule has 2 atom stereocenters. The maximum Gasteiger partial charge on any atom is 0.325 e. The predicted molar refractivity (Wildman–Crippen MR) is 85.7 cm³/mol. The summed E-state index contributed by atoms with van der Waals surface area (Å²) < 4.78 is 0. The fourth-order valence-corrected chi connectivity index (χ4v) is 2.12. The van der Waals surface area contributed by atoms with Gasteiger partial charge in [-0.1, -0.05) is 0 Å². The van der Waals surface area contributed by atoms with Crippen molar-refractivity contribution in [2.24, 2.45) is 0 Å². The lowest BCUT2D eigenvalue weighted by Crippen LogP contribution is -2.25. The van der Waals surface area contributed by atoms with Crippen molar-refractivity contribution in [3.05, 3.63) is 21.8 Å². The Morgan fingerprint density at radius 1 is 0.955 bits per heavy atom. The van der Waals surface area contributed by atoms with Gasteiger partial charge in [-0.2, -0.15) is 0 Å². The van der Waals surface area contributed by atoms with E-state index in [1.54, 1.807) is 35.6 Å². The highest BCUT2D eigenvalue weighted by molar-refractivity contribution is 7.08. The van der Waals surface area contributed by atoms with E-state index in [0.717, 1.165) is 0 Å². The molecule has 120 valence electrons. The van der Waals surface area contributed by atoms with E-state index in [0.29, 0.717) is 11.6 Å². The van der Waals surface area contributed by atoms with E-state index < -0.39 is 24.0 Å². The van der Waals surface area contributed by atoms with Crippen molar-refractivity contribution in [2.45, 2.75) is 25.9 Å². The molecule has 0 aliphatic heterocycles. The first-order chi connectivity index (χ1) is 10.4. The first-order valence-electron chi connectivity index (χ1n) is 6.15. The van der Waals surface area contributed by atoms with Gasteiger partial charge in [-0.25, -0.2) is 9.97 Å². The molecule has 0 saturated carbocycles. The van der Waals surface area contributed by atoms with Crippen molar-refractivity contribution < 1.29 is 19.8 Å². The SMILES string of the molecule is C[C@H](Nc1cscn1)C(=O)O.C[C@H](Nc1cscn1)C(=O)O. The fourth-order valence-electron chi connectivity index (χ4n) is 1.13. The maximum atomic E-state index is 10.3. The number of hydrogen-bond acceptors (Lipinski definition) is 8. The molecule has 0 fully saturated rings. The largest absolute Gasteiger partial charge is 0.480 e. The van der Waals surface area contributed by atoms with Gasteiger partial charge in [0, 0.05) is 10.8 Å². The molecule has 0 bridgehead atoms. The van der Waals surface area contributed by atoms with Gasteiger partial charge in [-0.05, 0) is 13.8 Å². The van der Waals surface area contributed by atoms with Gasteiger partial charge in [-0.15, -0.1) is 22.7 Å². The minimum atomic E-state index is -0.877. The highest BCUT2D eigenvalue weighted by Crippen LogP contribution is 2.08. The van der Waals surface area contributed by atoms with E-state index in [1.165, 1.54) is 22.7 Å². The normalized spacial score (nSPS) is 12.5. The van der Waals surface area contributed by atoms with Crippen LogP contribution in [-0.4, -0.2) is 44.2 Å². The first kappa shape index (κ1) is 17.9. The molecule has 2 rings (SSSR count). The van der Waals surface area contributed by atoms with Crippen molar-refractivity contribution in [2.75, 3.05) is 10.6 Å². The lowest BCUT2D eigenvalue weighted by Gasteiger charge is -2.06. The highest BCUT2D eigenvalue weighted by atomic mass is 32.1. The molecular weight excluding hydrogens is 328 g/mol. The Kier molecular flexibility index (Phi) is 7.26. The van der Waals surface area contributed by atoms with Crippen LogP contribution in [0.3, 0.4) is 0 Å². The Labute approximate surface area is 134 Å². The molecule has 0 unspecified atom stereocenters. The maximum absolute atomic E-state index is 10.3. The van der Waals surface area contributed by atoms with Gasteiger partial charge in [0.15, 0.2) is 0 Å². The number of hydrogen-bond donors (Lipinski definition) is 4. The zero-order valence-electron chi connectivity index (χ0n) is 11.9. The molecule has 8 nitrogen and oxygen atoms in total. The van der Waals surface area contributed by atoms with Crippen LogP contribution in [0.25, 0.3) is 0 Å². The number of anilines is 2. The Morgan fingerprint density at radius 2 is 1.32 bits per heavy atom. The van der Waals surface area contributed by atoms with Crippen LogP contribution in [0.5, 0.6) is 0 Å². The van der Waals surface area contributed by atoms with E-state index in [2.05, 4.69) is 20.6 Å². The van der Waals surface area contributed by atoms with Gasteiger partial charge in [0.25, 0.3) is 0 Å². The van der Waals surface area contributed by atoms with Crippen LogP contribution in [0.1, 0.15) is 13.8 Å². The summed E-state index contributed by atoms with van der Waals surface area (Å²) in [4.78, 5) is 28.4. The Balaban J connectivity index is 0.000000220. The van der Waals surface area contributed by atoms with Gasteiger partial charge < -0.3 is 20.8 Å². The van der Waals surface area contributed by atoms with Crippen molar-refractivity contribution in [1.82, 2.24) is 9.97 Å². The summed E-state index contributed by atoms with van der Waals surface area (Å²) in [6.45, 7) is 3.14. The number of aromatic nitrogens is 2. The van der Waals surface area contributed by atoms with Gasteiger partial charge in [0.2, 0.25) is 0 Å². The molecule has 0 saturated heterocycles. The molecule has 4 N–H and O–H groups in total. The van der Waals surface area contributed by atoms with Crippen LogP contribution in [-0.2, 0) is 9.59 Å². The zero-order valence-corrected chi connectivity index (χ0v) is 13.5. The molecule has 2 heterocycles. The molecule has 0 aliphatic carbocycles. The topological polar surface area (TPSA) is 124 Å². The van der Waals surface area contributed by atoms with Crippen molar-refractivity contribution in [3.63, 3.8) is 0 Å². The van der Waals surface area contributed by atoms with Crippen LogP contribution in [0.4, 0.5) is 11.6 Å². The van der Waals surface area contributed by atoms with E-state index in [9.17, 15) is 9.59 Å². The minimum absolute atomic E-state index is 0.586. The monoisotopic (exact) mass is 344 g/mol. The summed E-state index contributed by atoms with van der Waals surface area (Å²) in [5, 5.41) is 26.0. The van der Waals surface area contributed by atoms with Crippen molar-refractivity contribution >= 4 is 46.2 Å². The smallest absolute Gasteiger partial charge is 0.325 e. The molecule has 0 aromatic carbocycles. The number of nitrogens with zero attached hydrogens (tertiary/aromatic N) is 2. The second-order valence-corrected chi connectivity index (χ2v) is 5.59. The molecule has 22 heavy (non-hydrogen) atoms. The Bertz CT molecular complexity index is 522. The van der Waals surface area contributed by atoms with Crippen molar-refractivity contribution in [3.8, 4) is 0 Å². The minimum Gasteiger partial charge on any atom is -0.480 e. The standard InChI is InChI=1S/2C6H8N2O2S/c2*1-4(6(9)10)8-5-2-11-3-7-5/h2*2-4,8H,1H3,(H,9,10)/t2*4-/m00/s1. The summed E-state index contributed by atoms with van der Waals surface area (Å²) >= 11 is 2.85. The van der Waals surface area contributed by atoms with E-state index >= 15 is 0 Å². The summed E-state index contributed by atoms with van der Waals surface area (Å²) in [7, 11) is 0. The summed E-state index contributed by atoms with van der Waals surface area (Å²) in [6.07, 6.45) is 0. The Morgan fingerprint density at radius 3 is 1.55 bits per heavy atom. The average molecular weight is 344 g/mol. The number of rotatable bonds is 6. The number of carboxylic acid groups (broad SMARTS) is 2. The number of carbonyl (C=O) groups is 2. The summed E-state index contributed by atoms with van der Waals surface area (Å²) in [5.41, 5.74) is 3.30. The molecule has 2 aromatic heterocycles. The molecule has 0 spiro atoms. The second kappa shape index (κ2) is 8.95. The number of thiazole rings is 2. The number of aliphatic carboxylic acids is 2. The number of carboxylic acids is 2.